The zero-order valence-electron chi connectivity index (χ0n) is 22.5. The Bertz CT molecular complexity index is 1230. The Labute approximate surface area is 224 Å². The quantitative estimate of drug-likeness (QED) is 0.264. The number of benzene rings is 2. The van der Waals surface area contributed by atoms with Gasteiger partial charge in [0.05, 0.1) is 30.0 Å². The molecular weight excluding hydrogens is 482 g/mol. The number of nitrogens with two attached hydrogens (primary N) is 1. The van der Waals surface area contributed by atoms with Crippen LogP contribution in [-0.4, -0.2) is 59.7 Å². The van der Waals surface area contributed by atoms with E-state index in [-0.39, 0.29) is 36.6 Å². The standard InChI is InChI=1S/C29H37N5O4/c1-18(2)37-27-9-8-25(15-26(27)16-30)29(38-31)33-20(4)23-7-6-22-10-12-34(13-11-24(22)14-23)21(5)28(36)32-19(3)17-35/h6-9,14-15,18-19,21,35H,4,10-13,17,31H2,1-3,5H3,(H,32,36)/t19-,21?/m1/s1. The molecule has 1 aliphatic rings. The van der Waals surface area contributed by atoms with Gasteiger partial charge in [0.2, 0.25) is 11.8 Å². The zero-order valence-corrected chi connectivity index (χ0v) is 22.5. The van der Waals surface area contributed by atoms with Crippen LogP contribution in [0.2, 0.25) is 0 Å². The highest BCUT2D eigenvalue weighted by molar-refractivity contribution is 5.97. The lowest BCUT2D eigenvalue weighted by atomic mass is 9.99. The van der Waals surface area contributed by atoms with Gasteiger partial charge in [-0.25, -0.2) is 4.99 Å². The molecule has 2 aromatic rings. The van der Waals surface area contributed by atoms with E-state index < -0.39 is 0 Å². The molecule has 1 aliphatic heterocycles. The highest BCUT2D eigenvalue weighted by Gasteiger charge is 2.24. The number of rotatable bonds is 9. The van der Waals surface area contributed by atoms with Crippen molar-refractivity contribution >= 4 is 17.5 Å². The number of aliphatic hydroxyl groups excluding tert-OH is 1. The predicted molar refractivity (Wildman–Crippen MR) is 147 cm³/mol. The van der Waals surface area contributed by atoms with E-state index in [1.165, 1.54) is 11.1 Å². The molecule has 2 atom stereocenters. The number of nitriles is 1. The van der Waals surface area contributed by atoms with E-state index in [9.17, 15) is 15.2 Å². The van der Waals surface area contributed by atoms with Gasteiger partial charge >= 0.3 is 0 Å². The molecule has 0 radical (unpaired) electrons. The molecule has 1 unspecified atom stereocenters. The summed E-state index contributed by atoms with van der Waals surface area (Å²) in [6.45, 7) is 13.0. The maximum Gasteiger partial charge on any atom is 0.245 e. The van der Waals surface area contributed by atoms with Crippen molar-refractivity contribution in [1.29, 1.82) is 5.26 Å². The summed E-state index contributed by atoms with van der Waals surface area (Å²) in [7, 11) is 0. The van der Waals surface area contributed by atoms with Crippen molar-refractivity contribution in [1.82, 2.24) is 10.2 Å². The molecule has 0 spiro atoms. The molecule has 1 amide bonds. The fourth-order valence-corrected chi connectivity index (χ4v) is 4.34. The molecular formula is C29H37N5O4. The van der Waals surface area contributed by atoms with Crippen LogP contribution in [0.3, 0.4) is 0 Å². The molecule has 9 nitrogen and oxygen atoms in total. The molecule has 0 saturated heterocycles. The van der Waals surface area contributed by atoms with E-state index in [4.69, 9.17) is 15.5 Å². The lowest BCUT2D eigenvalue weighted by Crippen LogP contribution is -2.49. The van der Waals surface area contributed by atoms with E-state index in [1.807, 2.05) is 26.8 Å². The second-order valence-electron chi connectivity index (χ2n) is 9.76. The number of hydrogen-bond acceptors (Lipinski definition) is 8. The van der Waals surface area contributed by atoms with E-state index in [0.29, 0.717) is 22.6 Å². The minimum absolute atomic E-state index is 0.0674. The van der Waals surface area contributed by atoms with E-state index in [2.05, 4.69) is 40.0 Å². The number of carbonyl (C=O) groups is 1. The molecule has 3 rings (SSSR count). The third kappa shape index (κ3) is 7.19. The molecule has 1 heterocycles. The molecule has 2 aromatic carbocycles. The number of carbonyl (C=O) groups excluding carboxylic acids is 1. The number of ether oxygens (including phenoxy) is 1. The lowest BCUT2D eigenvalue weighted by molar-refractivity contribution is -0.126. The van der Waals surface area contributed by atoms with Gasteiger partial charge in [0.15, 0.2) is 0 Å². The van der Waals surface area contributed by atoms with Crippen molar-refractivity contribution in [2.24, 2.45) is 10.9 Å². The first-order chi connectivity index (χ1) is 18.2. The largest absolute Gasteiger partial charge is 0.490 e. The first kappa shape index (κ1) is 28.9. The summed E-state index contributed by atoms with van der Waals surface area (Å²) in [6.07, 6.45) is 1.52. The number of amides is 1. The van der Waals surface area contributed by atoms with Crippen LogP contribution in [-0.2, 0) is 22.5 Å². The van der Waals surface area contributed by atoms with E-state index in [0.717, 1.165) is 31.5 Å². The molecule has 0 aliphatic carbocycles. The maximum absolute atomic E-state index is 12.6. The molecule has 0 aromatic heterocycles. The second-order valence-corrected chi connectivity index (χ2v) is 9.76. The Kier molecular flexibility index (Phi) is 10.0. The fraction of sp³-hybridized carbons (Fsp3) is 0.414. The third-order valence-electron chi connectivity index (χ3n) is 6.52. The Morgan fingerprint density at radius 2 is 1.84 bits per heavy atom. The van der Waals surface area contributed by atoms with Gasteiger partial charge in [0, 0.05) is 24.7 Å². The average Bonchev–Trinajstić information content (AvgIpc) is 3.13. The molecule has 4 N–H and O–H groups in total. The number of aliphatic hydroxyl groups is 1. The molecule has 0 saturated carbocycles. The van der Waals surface area contributed by atoms with Crippen LogP contribution < -0.4 is 16.0 Å². The summed E-state index contributed by atoms with van der Waals surface area (Å²) in [5.41, 5.74) is 4.59. The van der Waals surface area contributed by atoms with Crippen LogP contribution in [0.5, 0.6) is 5.75 Å². The van der Waals surface area contributed by atoms with Gasteiger partial charge in [0.25, 0.3) is 0 Å². The summed E-state index contributed by atoms with van der Waals surface area (Å²) < 4.78 is 5.69. The molecule has 38 heavy (non-hydrogen) atoms. The first-order valence-electron chi connectivity index (χ1n) is 12.8. The topological polar surface area (TPSA) is 133 Å². The van der Waals surface area contributed by atoms with Crippen molar-refractivity contribution in [3.8, 4) is 11.8 Å². The Balaban J connectivity index is 1.76. The highest BCUT2D eigenvalue weighted by Crippen LogP contribution is 2.25. The Morgan fingerprint density at radius 1 is 1.16 bits per heavy atom. The highest BCUT2D eigenvalue weighted by atomic mass is 16.6. The summed E-state index contributed by atoms with van der Waals surface area (Å²) >= 11 is 0. The third-order valence-corrected chi connectivity index (χ3v) is 6.52. The summed E-state index contributed by atoms with van der Waals surface area (Å²) in [4.78, 5) is 24.3. The summed E-state index contributed by atoms with van der Waals surface area (Å²) in [5.74, 6) is 6.08. The fourth-order valence-electron chi connectivity index (χ4n) is 4.34. The van der Waals surface area contributed by atoms with Gasteiger partial charge in [-0.2, -0.15) is 11.2 Å². The SMILES string of the molecule is C=C(N=C(ON)c1ccc(OC(C)C)c(C#N)c1)c1ccc2c(c1)CCN(C(C)C(=O)N[C@H](C)CO)CC2. The maximum atomic E-state index is 12.6. The van der Waals surface area contributed by atoms with Crippen molar-refractivity contribution in [2.45, 2.75) is 58.7 Å². The minimum Gasteiger partial charge on any atom is -0.490 e. The number of fused-ring (bicyclic) bond motifs is 1. The van der Waals surface area contributed by atoms with E-state index >= 15 is 0 Å². The monoisotopic (exact) mass is 519 g/mol. The van der Waals surface area contributed by atoms with Crippen LogP contribution in [0.1, 0.15) is 55.5 Å². The summed E-state index contributed by atoms with van der Waals surface area (Å²) in [5, 5.41) is 21.6. The normalized spacial score (nSPS) is 15.6. The zero-order chi connectivity index (χ0) is 27.8. The van der Waals surface area contributed by atoms with Crippen molar-refractivity contribution in [2.75, 3.05) is 19.7 Å². The van der Waals surface area contributed by atoms with Gasteiger partial charge in [-0.3, -0.25) is 9.69 Å². The van der Waals surface area contributed by atoms with E-state index in [1.54, 1.807) is 25.1 Å². The van der Waals surface area contributed by atoms with Crippen molar-refractivity contribution in [3.63, 3.8) is 0 Å². The molecule has 0 fully saturated rings. The van der Waals surface area contributed by atoms with Crippen LogP contribution in [0, 0.1) is 11.3 Å². The van der Waals surface area contributed by atoms with Crippen LogP contribution in [0.25, 0.3) is 5.70 Å². The van der Waals surface area contributed by atoms with Crippen molar-refractivity contribution < 1.29 is 19.5 Å². The minimum atomic E-state index is -0.294. The van der Waals surface area contributed by atoms with Gasteiger partial charge < -0.3 is 20.0 Å². The number of nitrogens with zero attached hydrogens (tertiary/aromatic N) is 3. The number of hydrogen-bond donors (Lipinski definition) is 3. The summed E-state index contributed by atoms with van der Waals surface area (Å²) in [6, 6.07) is 12.7. The average molecular weight is 520 g/mol. The lowest BCUT2D eigenvalue weighted by Gasteiger charge is -2.27. The van der Waals surface area contributed by atoms with Gasteiger partial charge in [-0.15, -0.1) is 0 Å². The van der Waals surface area contributed by atoms with Crippen LogP contribution in [0.4, 0.5) is 0 Å². The molecule has 202 valence electrons. The first-order valence-corrected chi connectivity index (χ1v) is 12.8. The Morgan fingerprint density at radius 3 is 2.47 bits per heavy atom. The van der Waals surface area contributed by atoms with Gasteiger partial charge in [-0.05, 0) is 81.5 Å². The van der Waals surface area contributed by atoms with Gasteiger partial charge in [-0.1, -0.05) is 18.7 Å². The number of aliphatic imine (C=N–C) groups is 1. The smallest absolute Gasteiger partial charge is 0.245 e. The predicted octanol–water partition coefficient (Wildman–Crippen LogP) is 2.94. The molecule has 9 heteroatoms. The Hall–Kier alpha value is -3.71. The second kappa shape index (κ2) is 13.2. The van der Waals surface area contributed by atoms with Crippen LogP contribution in [0.15, 0.2) is 48.0 Å². The van der Waals surface area contributed by atoms with Gasteiger partial charge in [0.1, 0.15) is 11.8 Å². The number of nitrogens with one attached hydrogen (secondary N) is 1. The molecule has 0 bridgehead atoms. The van der Waals surface area contributed by atoms with Crippen molar-refractivity contribution in [3.05, 3.63) is 70.8 Å². The van der Waals surface area contributed by atoms with Crippen LogP contribution >= 0.6 is 0 Å².